The summed E-state index contributed by atoms with van der Waals surface area (Å²) in [5, 5.41) is 30.9. The third kappa shape index (κ3) is 4.52. The molecule has 0 radical (unpaired) electrons. The molecule has 4 aliphatic rings. The minimum absolute atomic E-state index is 0.0471. The van der Waals surface area contributed by atoms with E-state index in [2.05, 4.69) is 0 Å². The molecule has 50 heavy (non-hydrogen) atoms. The van der Waals surface area contributed by atoms with Crippen molar-refractivity contribution in [3.05, 3.63) is 143 Å². The number of carbonyl (C=O) groups excluding carboxylic acids is 4. The molecule has 10 heteroatoms. The van der Waals surface area contributed by atoms with Gasteiger partial charge < -0.3 is 15.2 Å². The van der Waals surface area contributed by atoms with Crippen molar-refractivity contribution in [3.8, 4) is 5.75 Å². The molecule has 4 aromatic carbocycles. The number of amides is 2. The lowest BCUT2D eigenvalue weighted by Gasteiger charge is -2.55. The maximum Gasteiger partial charge on any atom is 0.488 e. The fourth-order valence-corrected chi connectivity index (χ4v) is 9.06. The molecule has 248 valence electrons. The summed E-state index contributed by atoms with van der Waals surface area (Å²) in [5.41, 5.74) is 0.708. The number of hydrogen-bond acceptors (Lipinski definition) is 7. The van der Waals surface area contributed by atoms with Crippen LogP contribution in [0.1, 0.15) is 35.4 Å². The number of para-hydroxylation sites is 1. The van der Waals surface area contributed by atoms with Crippen LogP contribution in [0.5, 0.6) is 5.75 Å². The lowest BCUT2D eigenvalue weighted by atomic mass is 9.44. The molecule has 0 aromatic heterocycles. The van der Waals surface area contributed by atoms with Crippen LogP contribution in [0.2, 0.25) is 0 Å². The molecule has 1 aliphatic heterocycles. The van der Waals surface area contributed by atoms with Crippen LogP contribution in [-0.2, 0) is 24.6 Å². The molecular formula is C40H31BFNO7. The molecule has 1 heterocycles. The Bertz CT molecular complexity index is 2150. The summed E-state index contributed by atoms with van der Waals surface area (Å²) in [5.74, 6) is -7.74. The minimum atomic E-state index is -1.82. The molecule has 8 nitrogen and oxygen atoms in total. The Balaban J connectivity index is 1.35. The molecule has 2 amide bonds. The molecule has 0 spiro atoms. The Morgan fingerprint density at radius 1 is 0.800 bits per heavy atom. The second-order valence-electron chi connectivity index (χ2n) is 13.4. The monoisotopic (exact) mass is 667 g/mol. The number of benzene rings is 4. The second kappa shape index (κ2) is 11.9. The van der Waals surface area contributed by atoms with E-state index in [1.165, 1.54) is 30.3 Å². The number of phenolic OH excluding ortho intramolecular Hbond substituents is 1. The highest BCUT2D eigenvalue weighted by Crippen LogP contribution is 2.64. The zero-order valence-corrected chi connectivity index (χ0v) is 26.6. The predicted octanol–water partition coefficient (Wildman–Crippen LogP) is 4.24. The number of ketones is 2. The number of hydrogen-bond donors (Lipinski definition) is 3. The molecule has 0 unspecified atom stereocenters. The van der Waals surface area contributed by atoms with Crippen LogP contribution in [0.15, 0.2) is 121 Å². The third-order valence-electron chi connectivity index (χ3n) is 11.1. The third-order valence-corrected chi connectivity index (χ3v) is 11.1. The van der Waals surface area contributed by atoms with Gasteiger partial charge in [0.1, 0.15) is 0 Å². The van der Waals surface area contributed by atoms with Gasteiger partial charge in [0.2, 0.25) is 11.8 Å². The van der Waals surface area contributed by atoms with Crippen molar-refractivity contribution in [1.29, 1.82) is 0 Å². The van der Waals surface area contributed by atoms with E-state index in [0.29, 0.717) is 16.7 Å². The van der Waals surface area contributed by atoms with Crippen LogP contribution in [-0.4, -0.2) is 45.7 Å². The predicted molar refractivity (Wildman–Crippen MR) is 183 cm³/mol. The Morgan fingerprint density at radius 2 is 1.50 bits per heavy atom. The van der Waals surface area contributed by atoms with E-state index in [0.717, 1.165) is 11.0 Å². The van der Waals surface area contributed by atoms with Crippen LogP contribution in [0.3, 0.4) is 0 Å². The summed E-state index contributed by atoms with van der Waals surface area (Å²) in [7, 11) is -1.82. The standard InChI is InChI=1S/C40H31BFNO7/c42-32-16-8-15-28(37(32)46)35-26-17-18-27-34(39(48)43(38(27)47)25-14-7-13-24(19-25)41(49)50)30(26)20-31-36(45)29(22-9-3-1-4-10-22)21-33(44)40(31,35)23-11-5-2-6-12-23/h1-17,19,21,27,30-31,34-35,46,49-50H,18,20H2/t27-,30+,31-,34-,35+,40-/m0/s1. The Morgan fingerprint density at radius 3 is 2.22 bits per heavy atom. The van der Waals surface area contributed by atoms with Gasteiger partial charge in [0.25, 0.3) is 0 Å². The van der Waals surface area contributed by atoms with Crippen LogP contribution < -0.4 is 10.4 Å². The first kappa shape index (κ1) is 31.8. The van der Waals surface area contributed by atoms with E-state index in [9.17, 15) is 29.5 Å². The van der Waals surface area contributed by atoms with Crippen molar-refractivity contribution in [3.63, 3.8) is 0 Å². The van der Waals surface area contributed by atoms with Gasteiger partial charge in [-0.2, -0.15) is 0 Å². The van der Waals surface area contributed by atoms with Gasteiger partial charge in [-0.05, 0) is 59.6 Å². The number of anilines is 1. The van der Waals surface area contributed by atoms with Crippen molar-refractivity contribution in [2.75, 3.05) is 4.90 Å². The van der Waals surface area contributed by atoms with Gasteiger partial charge >= 0.3 is 7.12 Å². The number of fused-ring (bicyclic) bond motifs is 4. The molecule has 4 aromatic rings. The largest absolute Gasteiger partial charge is 0.505 e. The quantitative estimate of drug-likeness (QED) is 0.165. The lowest BCUT2D eigenvalue weighted by molar-refractivity contribution is -0.135. The van der Waals surface area contributed by atoms with E-state index in [1.807, 2.05) is 12.1 Å². The lowest BCUT2D eigenvalue weighted by Crippen LogP contribution is -2.58. The normalized spacial score (nSPS) is 27.3. The van der Waals surface area contributed by atoms with Gasteiger partial charge in [-0.1, -0.05) is 96.6 Å². The van der Waals surface area contributed by atoms with E-state index in [-0.39, 0.29) is 46.7 Å². The first-order valence-corrected chi connectivity index (χ1v) is 16.6. The molecule has 1 saturated heterocycles. The first-order chi connectivity index (χ1) is 24.1. The average molecular weight is 667 g/mol. The molecule has 3 aliphatic carbocycles. The van der Waals surface area contributed by atoms with E-state index in [1.54, 1.807) is 66.7 Å². The number of allylic oxidation sites excluding steroid dienone is 4. The molecule has 6 atom stereocenters. The van der Waals surface area contributed by atoms with E-state index < -0.39 is 65.5 Å². The molecule has 3 N–H and O–H groups in total. The van der Waals surface area contributed by atoms with Crippen LogP contribution in [0, 0.1) is 29.5 Å². The van der Waals surface area contributed by atoms with E-state index >= 15 is 9.18 Å². The number of phenols is 1. The van der Waals surface area contributed by atoms with E-state index in [4.69, 9.17) is 0 Å². The fourth-order valence-electron chi connectivity index (χ4n) is 9.06. The Hall–Kier alpha value is -5.45. The van der Waals surface area contributed by atoms with Crippen molar-refractivity contribution in [2.45, 2.75) is 24.2 Å². The first-order valence-electron chi connectivity index (χ1n) is 16.6. The zero-order chi connectivity index (χ0) is 34.9. The Kier molecular flexibility index (Phi) is 7.54. The number of Topliss-reactive ketones (excluding diaryl/α,β-unsaturated/α-hetero) is 1. The minimum Gasteiger partial charge on any atom is -0.505 e. The maximum absolute atomic E-state index is 15.2. The number of carbonyl (C=O) groups is 4. The number of rotatable bonds is 5. The number of aromatic hydroxyl groups is 1. The van der Waals surface area contributed by atoms with Gasteiger partial charge in [0.15, 0.2) is 23.1 Å². The SMILES string of the molecule is O=C1C(c2ccccc2)=CC(=O)[C@@]2(c3ccccc3)[C@@H](c3cccc(F)c3O)C3=CC[C@@H]4C(=O)N(c5cccc(B(O)O)c5)C(=O)[C@@H]4[C@@H]3C[C@@H]12. The van der Waals surface area contributed by atoms with Crippen molar-refractivity contribution >= 4 is 47.2 Å². The highest BCUT2D eigenvalue weighted by molar-refractivity contribution is 6.58. The smallest absolute Gasteiger partial charge is 0.488 e. The van der Waals surface area contributed by atoms with Gasteiger partial charge in [0, 0.05) is 23.0 Å². The van der Waals surface area contributed by atoms with Crippen LogP contribution in [0.25, 0.3) is 5.57 Å². The topological polar surface area (TPSA) is 132 Å². The highest BCUT2D eigenvalue weighted by atomic mass is 19.1. The summed E-state index contributed by atoms with van der Waals surface area (Å²) in [4.78, 5) is 59.5. The highest BCUT2D eigenvalue weighted by Gasteiger charge is 2.66. The summed E-state index contributed by atoms with van der Waals surface area (Å²) in [6, 6.07) is 27.8. The van der Waals surface area contributed by atoms with Crippen LogP contribution >= 0.6 is 0 Å². The molecule has 0 bridgehead atoms. The zero-order valence-electron chi connectivity index (χ0n) is 26.6. The van der Waals surface area contributed by atoms with Crippen molar-refractivity contribution < 1.29 is 38.7 Å². The summed E-state index contributed by atoms with van der Waals surface area (Å²) in [6.07, 6.45) is 3.38. The van der Waals surface area contributed by atoms with Gasteiger partial charge in [-0.3, -0.25) is 24.1 Å². The average Bonchev–Trinajstić information content (AvgIpc) is 3.39. The summed E-state index contributed by atoms with van der Waals surface area (Å²) in [6.45, 7) is 0. The van der Waals surface area contributed by atoms with Crippen molar-refractivity contribution in [2.24, 2.45) is 23.7 Å². The number of nitrogens with zero attached hydrogens (tertiary/aromatic N) is 1. The summed E-state index contributed by atoms with van der Waals surface area (Å²) < 4.78 is 15.2. The molecule has 2 fully saturated rings. The number of imide groups is 1. The molecular weight excluding hydrogens is 636 g/mol. The molecule has 1 saturated carbocycles. The van der Waals surface area contributed by atoms with Crippen LogP contribution in [0.4, 0.5) is 10.1 Å². The second-order valence-corrected chi connectivity index (χ2v) is 13.4. The maximum atomic E-state index is 15.2. The Labute approximate surface area is 287 Å². The van der Waals surface area contributed by atoms with Gasteiger partial charge in [-0.15, -0.1) is 0 Å². The summed E-state index contributed by atoms with van der Waals surface area (Å²) >= 11 is 0. The number of halogens is 1. The van der Waals surface area contributed by atoms with Crippen molar-refractivity contribution in [1.82, 2.24) is 0 Å². The van der Waals surface area contributed by atoms with Gasteiger partial charge in [0.05, 0.1) is 22.9 Å². The fraction of sp³-hybridized carbons (Fsp3) is 0.200. The molecule has 8 rings (SSSR count). The van der Waals surface area contributed by atoms with Gasteiger partial charge in [-0.25, -0.2) is 4.39 Å².